The number of aromatic nitrogens is 1. The zero-order chi connectivity index (χ0) is 18.9. The van der Waals surface area contributed by atoms with E-state index in [0.29, 0.717) is 16.6 Å². The highest BCUT2D eigenvalue weighted by atomic mass is 32.2. The molecule has 0 saturated carbocycles. The molecule has 0 unspecified atom stereocenters. The maximum Gasteiger partial charge on any atom is 0.262 e. The van der Waals surface area contributed by atoms with Crippen LogP contribution in [0.15, 0.2) is 71.1 Å². The Balaban J connectivity index is 1.41. The summed E-state index contributed by atoms with van der Waals surface area (Å²) in [6.45, 7) is -0.0581. The first-order valence-corrected chi connectivity index (χ1v) is 9.95. The van der Waals surface area contributed by atoms with E-state index in [9.17, 15) is 9.59 Å². The smallest absolute Gasteiger partial charge is 0.262 e. The number of thioether (sulfide) groups is 1. The lowest BCUT2D eigenvalue weighted by atomic mass is 10.3. The molecule has 1 aromatic heterocycles. The highest BCUT2D eigenvalue weighted by molar-refractivity contribution is 8.00. The standard InChI is InChI=1S/C19H17N3O3S2/c23-17(12-25-15-4-2-1-3-5-15)21-14-6-8-16(9-7-14)27-13-18(24)22-19-20-10-11-26-19/h1-11H,12-13H2,(H,21,23)(H,20,22,24). The van der Waals surface area contributed by atoms with Gasteiger partial charge >= 0.3 is 0 Å². The van der Waals surface area contributed by atoms with Crippen LogP contribution in [0, 0.1) is 0 Å². The van der Waals surface area contributed by atoms with Gasteiger partial charge in [-0.1, -0.05) is 18.2 Å². The molecule has 6 nitrogen and oxygen atoms in total. The van der Waals surface area contributed by atoms with Gasteiger partial charge in [0.2, 0.25) is 5.91 Å². The fourth-order valence-electron chi connectivity index (χ4n) is 2.09. The van der Waals surface area contributed by atoms with Crippen LogP contribution in [0.3, 0.4) is 0 Å². The number of hydrogen-bond acceptors (Lipinski definition) is 6. The number of nitrogens with zero attached hydrogens (tertiary/aromatic N) is 1. The van der Waals surface area contributed by atoms with Crippen molar-refractivity contribution in [2.75, 3.05) is 23.0 Å². The number of ether oxygens (including phenoxy) is 1. The molecule has 2 N–H and O–H groups in total. The topological polar surface area (TPSA) is 80.3 Å². The van der Waals surface area contributed by atoms with Crippen LogP contribution < -0.4 is 15.4 Å². The van der Waals surface area contributed by atoms with E-state index < -0.39 is 0 Å². The molecule has 1 heterocycles. The number of carbonyl (C=O) groups is 2. The van der Waals surface area contributed by atoms with Crippen LogP contribution in [0.1, 0.15) is 0 Å². The summed E-state index contributed by atoms with van der Waals surface area (Å²) in [4.78, 5) is 28.7. The molecule has 0 fully saturated rings. The van der Waals surface area contributed by atoms with E-state index in [1.165, 1.54) is 23.1 Å². The van der Waals surface area contributed by atoms with E-state index in [0.717, 1.165) is 4.90 Å². The Morgan fingerprint density at radius 1 is 1.00 bits per heavy atom. The van der Waals surface area contributed by atoms with Gasteiger partial charge in [-0.15, -0.1) is 23.1 Å². The molecular weight excluding hydrogens is 382 g/mol. The second-order valence-electron chi connectivity index (χ2n) is 5.35. The van der Waals surface area contributed by atoms with Gasteiger partial charge < -0.3 is 15.4 Å². The first-order valence-electron chi connectivity index (χ1n) is 8.09. The molecule has 0 aliphatic rings. The number of anilines is 2. The summed E-state index contributed by atoms with van der Waals surface area (Å²) >= 11 is 2.79. The lowest BCUT2D eigenvalue weighted by Gasteiger charge is -2.08. The van der Waals surface area contributed by atoms with Crippen LogP contribution >= 0.6 is 23.1 Å². The van der Waals surface area contributed by atoms with E-state index in [1.54, 1.807) is 35.8 Å². The van der Waals surface area contributed by atoms with Gasteiger partial charge in [-0.05, 0) is 36.4 Å². The molecule has 0 bridgehead atoms. The van der Waals surface area contributed by atoms with E-state index in [-0.39, 0.29) is 24.2 Å². The van der Waals surface area contributed by atoms with Gasteiger partial charge in [-0.2, -0.15) is 0 Å². The van der Waals surface area contributed by atoms with Crippen molar-refractivity contribution in [3.63, 3.8) is 0 Å². The first-order chi connectivity index (χ1) is 13.2. The van der Waals surface area contributed by atoms with Crippen LogP contribution in [-0.4, -0.2) is 29.2 Å². The Hall–Kier alpha value is -2.84. The number of para-hydroxylation sites is 1. The van der Waals surface area contributed by atoms with Crippen molar-refractivity contribution >= 4 is 45.7 Å². The average molecular weight is 399 g/mol. The summed E-state index contributed by atoms with van der Waals surface area (Å²) in [7, 11) is 0. The second kappa shape index (κ2) is 9.75. The van der Waals surface area contributed by atoms with E-state index in [4.69, 9.17) is 4.74 Å². The molecule has 0 spiro atoms. The molecule has 0 radical (unpaired) electrons. The summed E-state index contributed by atoms with van der Waals surface area (Å²) in [6, 6.07) is 16.5. The normalized spacial score (nSPS) is 10.2. The highest BCUT2D eigenvalue weighted by Gasteiger charge is 2.07. The Morgan fingerprint density at radius 3 is 2.48 bits per heavy atom. The van der Waals surface area contributed by atoms with Crippen LogP contribution in [-0.2, 0) is 9.59 Å². The van der Waals surface area contributed by atoms with Crippen LogP contribution in [0.5, 0.6) is 5.75 Å². The molecule has 8 heteroatoms. The Kier molecular flexibility index (Phi) is 6.84. The largest absolute Gasteiger partial charge is 0.484 e. The number of thiazole rings is 1. The predicted octanol–water partition coefficient (Wildman–Crippen LogP) is 3.89. The highest BCUT2D eigenvalue weighted by Crippen LogP contribution is 2.21. The minimum absolute atomic E-state index is 0.0581. The van der Waals surface area contributed by atoms with Crippen molar-refractivity contribution in [1.82, 2.24) is 4.98 Å². The third-order valence-electron chi connectivity index (χ3n) is 3.30. The van der Waals surface area contributed by atoms with Gasteiger partial charge in [0.05, 0.1) is 5.75 Å². The molecule has 3 aromatic rings. The number of carbonyl (C=O) groups excluding carboxylic acids is 2. The van der Waals surface area contributed by atoms with E-state index in [1.807, 2.05) is 30.3 Å². The van der Waals surface area contributed by atoms with Crippen LogP contribution in [0.25, 0.3) is 0 Å². The van der Waals surface area contributed by atoms with Crippen molar-refractivity contribution in [1.29, 1.82) is 0 Å². The average Bonchev–Trinajstić information content (AvgIpc) is 3.20. The van der Waals surface area contributed by atoms with Crippen molar-refractivity contribution in [2.24, 2.45) is 0 Å². The number of benzene rings is 2. The zero-order valence-electron chi connectivity index (χ0n) is 14.3. The first kappa shape index (κ1) is 18.9. The van der Waals surface area contributed by atoms with Crippen molar-refractivity contribution in [3.05, 3.63) is 66.2 Å². The fraction of sp³-hybridized carbons (Fsp3) is 0.105. The van der Waals surface area contributed by atoms with Crippen molar-refractivity contribution < 1.29 is 14.3 Å². The Bertz CT molecular complexity index is 869. The fourth-order valence-corrected chi connectivity index (χ4v) is 3.33. The van der Waals surface area contributed by atoms with Crippen molar-refractivity contribution in [3.8, 4) is 5.75 Å². The van der Waals surface area contributed by atoms with Gasteiger partial charge in [-0.3, -0.25) is 9.59 Å². The molecule has 2 aromatic carbocycles. The molecule has 27 heavy (non-hydrogen) atoms. The molecule has 0 saturated heterocycles. The third kappa shape index (κ3) is 6.43. The minimum atomic E-state index is -0.234. The van der Waals surface area contributed by atoms with Crippen LogP contribution in [0.2, 0.25) is 0 Å². The number of nitrogens with one attached hydrogen (secondary N) is 2. The zero-order valence-corrected chi connectivity index (χ0v) is 15.9. The lowest BCUT2D eigenvalue weighted by Crippen LogP contribution is -2.20. The lowest BCUT2D eigenvalue weighted by molar-refractivity contribution is -0.118. The summed E-state index contributed by atoms with van der Waals surface area (Å²) < 4.78 is 5.41. The maximum atomic E-state index is 11.9. The van der Waals surface area contributed by atoms with Gasteiger partial charge in [0, 0.05) is 22.2 Å². The minimum Gasteiger partial charge on any atom is -0.484 e. The summed E-state index contributed by atoms with van der Waals surface area (Å²) in [5.41, 5.74) is 0.674. The predicted molar refractivity (Wildman–Crippen MR) is 108 cm³/mol. The molecule has 0 aliphatic heterocycles. The summed E-state index contributed by atoms with van der Waals surface area (Å²) in [5, 5.41) is 7.91. The molecule has 0 atom stereocenters. The summed E-state index contributed by atoms with van der Waals surface area (Å²) in [5.74, 6) is 0.596. The monoisotopic (exact) mass is 399 g/mol. The number of hydrogen-bond donors (Lipinski definition) is 2. The Morgan fingerprint density at radius 2 is 1.78 bits per heavy atom. The van der Waals surface area contributed by atoms with Crippen LogP contribution in [0.4, 0.5) is 10.8 Å². The Labute approximate surface area is 165 Å². The molecule has 3 rings (SSSR count). The van der Waals surface area contributed by atoms with Gasteiger partial charge in [-0.25, -0.2) is 4.98 Å². The van der Waals surface area contributed by atoms with Gasteiger partial charge in [0.25, 0.3) is 5.91 Å². The molecule has 2 amide bonds. The maximum absolute atomic E-state index is 11.9. The number of amides is 2. The summed E-state index contributed by atoms with van der Waals surface area (Å²) in [6.07, 6.45) is 1.64. The quantitative estimate of drug-likeness (QED) is 0.562. The van der Waals surface area contributed by atoms with Crippen molar-refractivity contribution in [2.45, 2.75) is 4.90 Å². The van der Waals surface area contributed by atoms with E-state index in [2.05, 4.69) is 15.6 Å². The second-order valence-corrected chi connectivity index (χ2v) is 7.29. The van der Waals surface area contributed by atoms with E-state index >= 15 is 0 Å². The number of rotatable bonds is 8. The van der Waals surface area contributed by atoms with Gasteiger partial charge in [0.1, 0.15) is 5.75 Å². The SMILES string of the molecule is O=C(COc1ccccc1)Nc1ccc(SCC(=O)Nc2nccs2)cc1. The molecular formula is C19H17N3O3S2. The third-order valence-corrected chi connectivity index (χ3v) is 5.00. The van der Waals surface area contributed by atoms with Gasteiger partial charge in [0.15, 0.2) is 11.7 Å². The molecule has 0 aliphatic carbocycles. The molecule has 138 valence electrons.